The number of amides is 1. The minimum absolute atomic E-state index is 0.236. The topological polar surface area (TPSA) is 55.0 Å². The van der Waals surface area contributed by atoms with Crippen LogP contribution in [0.15, 0.2) is 76.5 Å². The molecule has 29 heavy (non-hydrogen) atoms. The SMILES string of the molecule is Cc1ccccc1C1=NO[C@H](CN(Cc2cccc(F)c2)C(=O)c2ccco2)C1. The summed E-state index contributed by atoms with van der Waals surface area (Å²) in [6.45, 7) is 2.59. The van der Waals surface area contributed by atoms with E-state index < -0.39 is 0 Å². The van der Waals surface area contributed by atoms with E-state index in [0.29, 0.717) is 18.5 Å². The van der Waals surface area contributed by atoms with Crippen molar-refractivity contribution in [1.82, 2.24) is 4.90 Å². The molecule has 2 aromatic carbocycles. The molecule has 2 heterocycles. The summed E-state index contributed by atoms with van der Waals surface area (Å²) in [7, 11) is 0. The van der Waals surface area contributed by atoms with Crippen molar-refractivity contribution in [1.29, 1.82) is 0 Å². The van der Waals surface area contributed by atoms with Crippen LogP contribution < -0.4 is 0 Å². The molecule has 1 aliphatic heterocycles. The molecule has 3 aromatic rings. The lowest BCUT2D eigenvalue weighted by atomic mass is 10.00. The van der Waals surface area contributed by atoms with E-state index in [2.05, 4.69) is 5.16 Å². The summed E-state index contributed by atoms with van der Waals surface area (Å²) in [6.07, 6.45) is 1.77. The van der Waals surface area contributed by atoms with Gasteiger partial charge in [-0.15, -0.1) is 0 Å². The molecule has 148 valence electrons. The van der Waals surface area contributed by atoms with Crippen molar-refractivity contribution in [3.05, 3.63) is 95.2 Å². The van der Waals surface area contributed by atoms with Gasteiger partial charge in [0.05, 0.1) is 18.5 Å². The minimum Gasteiger partial charge on any atom is -0.459 e. The van der Waals surface area contributed by atoms with Crippen LogP contribution in [0.3, 0.4) is 0 Å². The van der Waals surface area contributed by atoms with Gasteiger partial charge in [0.2, 0.25) is 0 Å². The number of hydrogen-bond donors (Lipinski definition) is 0. The van der Waals surface area contributed by atoms with E-state index in [1.54, 1.807) is 29.2 Å². The third-order valence-electron chi connectivity index (χ3n) is 4.89. The lowest BCUT2D eigenvalue weighted by Gasteiger charge is -2.24. The second-order valence-electron chi connectivity index (χ2n) is 7.08. The van der Waals surface area contributed by atoms with Gasteiger partial charge in [-0.2, -0.15) is 0 Å². The van der Waals surface area contributed by atoms with Crippen LogP contribution in [0.25, 0.3) is 0 Å². The van der Waals surface area contributed by atoms with Gasteiger partial charge in [0.15, 0.2) is 11.9 Å². The van der Waals surface area contributed by atoms with Crippen LogP contribution in [-0.4, -0.2) is 29.2 Å². The summed E-state index contributed by atoms with van der Waals surface area (Å²) in [6, 6.07) is 17.5. The van der Waals surface area contributed by atoms with Gasteiger partial charge in [0.1, 0.15) is 5.82 Å². The Morgan fingerprint density at radius 1 is 1.17 bits per heavy atom. The molecule has 0 spiro atoms. The van der Waals surface area contributed by atoms with Crippen molar-refractivity contribution in [3.8, 4) is 0 Å². The van der Waals surface area contributed by atoms with Crippen LogP contribution in [0.2, 0.25) is 0 Å². The predicted octanol–water partition coefficient (Wildman–Crippen LogP) is 4.56. The lowest BCUT2D eigenvalue weighted by Crippen LogP contribution is -2.37. The molecule has 0 unspecified atom stereocenters. The quantitative estimate of drug-likeness (QED) is 0.618. The van der Waals surface area contributed by atoms with E-state index in [1.165, 1.54) is 18.4 Å². The molecule has 0 fully saturated rings. The molecule has 6 heteroatoms. The van der Waals surface area contributed by atoms with Gasteiger partial charge in [0, 0.05) is 18.5 Å². The lowest BCUT2D eigenvalue weighted by molar-refractivity contribution is 0.0387. The van der Waals surface area contributed by atoms with Gasteiger partial charge in [-0.1, -0.05) is 41.6 Å². The maximum Gasteiger partial charge on any atom is 0.289 e. The van der Waals surface area contributed by atoms with Crippen molar-refractivity contribution < 1.29 is 18.4 Å². The van der Waals surface area contributed by atoms with Crippen LogP contribution in [-0.2, 0) is 11.4 Å². The summed E-state index contributed by atoms with van der Waals surface area (Å²) in [5.74, 6) is -0.373. The first kappa shape index (κ1) is 18.9. The number of aryl methyl sites for hydroxylation is 1. The summed E-state index contributed by atoms with van der Waals surface area (Å²) in [5.41, 5.74) is 3.73. The van der Waals surface area contributed by atoms with Gasteiger partial charge in [-0.05, 0) is 42.3 Å². The van der Waals surface area contributed by atoms with Gasteiger partial charge in [-0.3, -0.25) is 4.79 Å². The highest BCUT2D eigenvalue weighted by Crippen LogP contribution is 2.22. The summed E-state index contributed by atoms with van der Waals surface area (Å²) >= 11 is 0. The molecule has 0 radical (unpaired) electrons. The monoisotopic (exact) mass is 392 g/mol. The Labute approximate surface area is 168 Å². The number of oxime groups is 1. The van der Waals surface area contributed by atoms with Crippen molar-refractivity contribution in [2.75, 3.05) is 6.54 Å². The van der Waals surface area contributed by atoms with Crippen LogP contribution >= 0.6 is 0 Å². The maximum atomic E-state index is 13.6. The van der Waals surface area contributed by atoms with Gasteiger partial charge in [-0.25, -0.2) is 4.39 Å². The third-order valence-corrected chi connectivity index (χ3v) is 4.89. The van der Waals surface area contributed by atoms with E-state index >= 15 is 0 Å². The number of halogens is 1. The highest BCUT2D eigenvalue weighted by molar-refractivity contribution is 6.02. The summed E-state index contributed by atoms with van der Waals surface area (Å²) < 4.78 is 18.9. The van der Waals surface area contributed by atoms with Gasteiger partial charge in [0.25, 0.3) is 5.91 Å². The van der Waals surface area contributed by atoms with Crippen LogP contribution in [0.4, 0.5) is 4.39 Å². The number of benzene rings is 2. The van der Waals surface area contributed by atoms with Crippen molar-refractivity contribution in [3.63, 3.8) is 0 Å². The molecule has 0 bridgehead atoms. The van der Waals surface area contributed by atoms with Crippen LogP contribution in [0, 0.1) is 12.7 Å². The van der Waals surface area contributed by atoms with Crippen molar-refractivity contribution >= 4 is 11.6 Å². The highest BCUT2D eigenvalue weighted by Gasteiger charge is 2.28. The number of nitrogens with zero attached hydrogens (tertiary/aromatic N) is 2. The average Bonchev–Trinajstić information content (AvgIpc) is 3.40. The molecule has 1 atom stereocenters. The summed E-state index contributed by atoms with van der Waals surface area (Å²) in [5, 5.41) is 4.24. The van der Waals surface area contributed by atoms with E-state index in [1.807, 2.05) is 31.2 Å². The zero-order valence-electron chi connectivity index (χ0n) is 16.0. The molecule has 1 amide bonds. The van der Waals surface area contributed by atoms with Crippen molar-refractivity contribution in [2.24, 2.45) is 5.16 Å². The second kappa shape index (κ2) is 8.31. The molecule has 0 saturated carbocycles. The van der Waals surface area contributed by atoms with E-state index in [0.717, 1.165) is 16.8 Å². The Morgan fingerprint density at radius 2 is 2.03 bits per heavy atom. The molecular formula is C23H21FN2O3. The Morgan fingerprint density at radius 3 is 2.79 bits per heavy atom. The Balaban J connectivity index is 1.50. The fourth-order valence-corrected chi connectivity index (χ4v) is 3.46. The normalized spacial score (nSPS) is 15.7. The van der Waals surface area contributed by atoms with Gasteiger partial charge >= 0.3 is 0 Å². The molecule has 1 aliphatic rings. The standard InChI is InChI=1S/C23H21FN2O3/c1-16-6-2-3-9-20(16)21-13-19(29-25-21)15-26(23(27)22-10-5-11-28-22)14-17-7-4-8-18(24)12-17/h2-12,19H,13-15H2,1H3/t19-/m0/s1. The molecule has 0 N–H and O–H groups in total. The predicted molar refractivity (Wildman–Crippen MR) is 107 cm³/mol. The number of furan rings is 1. The highest BCUT2D eigenvalue weighted by atomic mass is 19.1. The summed E-state index contributed by atoms with van der Waals surface area (Å²) in [4.78, 5) is 20.2. The fourth-order valence-electron chi connectivity index (χ4n) is 3.46. The fraction of sp³-hybridized carbons (Fsp3) is 0.217. The van der Waals surface area contributed by atoms with Crippen LogP contribution in [0.1, 0.15) is 33.7 Å². The molecule has 0 aliphatic carbocycles. The third kappa shape index (κ3) is 4.37. The number of carbonyl (C=O) groups is 1. The zero-order chi connectivity index (χ0) is 20.2. The number of carbonyl (C=O) groups excluding carboxylic acids is 1. The molecular weight excluding hydrogens is 371 g/mol. The minimum atomic E-state index is -0.338. The second-order valence-corrected chi connectivity index (χ2v) is 7.08. The molecule has 0 saturated heterocycles. The Bertz CT molecular complexity index is 1030. The smallest absolute Gasteiger partial charge is 0.289 e. The Hall–Kier alpha value is -3.41. The van der Waals surface area contributed by atoms with Crippen molar-refractivity contribution in [2.45, 2.75) is 26.0 Å². The first-order valence-corrected chi connectivity index (χ1v) is 9.46. The number of rotatable bonds is 6. The first-order chi connectivity index (χ1) is 14.1. The Kier molecular flexibility index (Phi) is 5.42. The average molecular weight is 392 g/mol. The van der Waals surface area contributed by atoms with E-state index in [9.17, 15) is 9.18 Å². The largest absolute Gasteiger partial charge is 0.459 e. The first-order valence-electron chi connectivity index (χ1n) is 9.46. The molecule has 5 nitrogen and oxygen atoms in total. The number of hydrogen-bond acceptors (Lipinski definition) is 4. The zero-order valence-corrected chi connectivity index (χ0v) is 16.0. The van der Waals surface area contributed by atoms with Crippen LogP contribution in [0.5, 0.6) is 0 Å². The molecule has 1 aromatic heterocycles. The molecule has 4 rings (SSSR count). The van der Waals surface area contributed by atoms with E-state index in [4.69, 9.17) is 9.25 Å². The van der Waals surface area contributed by atoms with Gasteiger partial charge < -0.3 is 14.2 Å². The maximum absolute atomic E-state index is 13.6. The van der Waals surface area contributed by atoms with E-state index in [-0.39, 0.29) is 30.1 Å².